The van der Waals surface area contributed by atoms with E-state index >= 15 is 0 Å². The molecule has 3 rings (SSSR count). The van der Waals surface area contributed by atoms with Gasteiger partial charge in [0.15, 0.2) is 0 Å². The van der Waals surface area contributed by atoms with Gasteiger partial charge in [-0.05, 0) is 44.6 Å². The van der Waals surface area contributed by atoms with E-state index in [1.807, 2.05) is 0 Å². The highest BCUT2D eigenvalue weighted by Crippen LogP contribution is 2.44. The van der Waals surface area contributed by atoms with Gasteiger partial charge in [-0.25, -0.2) is 0 Å². The van der Waals surface area contributed by atoms with E-state index in [0.29, 0.717) is 5.41 Å². The summed E-state index contributed by atoms with van der Waals surface area (Å²) in [7, 11) is 0. The van der Waals surface area contributed by atoms with Crippen molar-refractivity contribution in [1.82, 2.24) is 5.32 Å². The van der Waals surface area contributed by atoms with Crippen LogP contribution in [0, 0.1) is 25.2 Å². The van der Waals surface area contributed by atoms with Crippen molar-refractivity contribution < 1.29 is 0 Å². The maximum Gasteiger partial charge on any atom is 0.00261 e. The molecule has 1 heteroatoms. The average molecular weight is 243 g/mol. The molecule has 1 aliphatic heterocycles. The molecule has 0 amide bonds. The second-order valence-electron chi connectivity index (χ2n) is 6.62. The molecule has 2 aliphatic rings. The molecule has 1 saturated carbocycles. The van der Waals surface area contributed by atoms with E-state index in [1.54, 1.807) is 5.56 Å². The molecule has 1 aromatic carbocycles. The van der Waals surface area contributed by atoms with Crippen LogP contribution >= 0.6 is 0 Å². The van der Waals surface area contributed by atoms with Crippen LogP contribution in [0.5, 0.6) is 0 Å². The summed E-state index contributed by atoms with van der Waals surface area (Å²) in [5.74, 6) is 0.972. The second-order valence-corrected chi connectivity index (χ2v) is 6.62. The van der Waals surface area contributed by atoms with Crippen molar-refractivity contribution in [3.63, 3.8) is 0 Å². The summed E-state index contributed by atoms with van der Waals surface area (Å²) in [6, 6.07) is 7.06. The Labute approximate surface area is 111 Å². The van der Waals surface area contributed by atoms with Gasteiger partial charge in [-0.15, -0.1) is 0 Å². The molecule has 2 fully saturated rings. The lowest BCUT2D eigenvalue weighted by molar-refractivity contribution is 0.0811. The Morgan fingerprint density at radius 2 is 1.67 bits per heavy atom. The fourth-order valence-corrected chi connectivity index (χ4v) is 4.12. The highest BCUT2D eigenvalue weighted by atomic mass is 15.0. The van der Waals surface area contributed by atoms with Gasteiger partial charge in [0.05, 0.1) is 0 Å². The summed E-state index contributed by atoms with van der Waals surface area (Å²) in [5, 5.41) is 3.53. The number of aryl methyl sites for hydroxylation is 2. The van der Waals surface area contributed by atoms with E-state index in [4.69, 9.17) is 0 Å². The Kier molecular flexibility index (Phi) is 3.19. The van der Waals surface area contributed by atoms with Gasteiger partial charge in [0.1, 0.15) is 0 Å². The highest BCUT2D eigenvalue weighted by molar-refractivity contribution is 5.30. The Hall–Kier alpha value is -0.820. The highest BCUT2D eigenvalue weighted by Gasteiger charge is 2.44. The minimum atomic E-state index is 0.580. The SMILES string of the molecule is Cc1cc(C)cc(CC2(C3CCCC3)CNC2)c1. The first-order valence-corrected chi connectivity index (χ1v) is 7.46. The summed E-state index contributed by atoms with van der Waals surface area (Å²) in [6.45, 7) is 6.92. The molecule has 1 saturated heterocycles. The minimum absolute atomic E-state index is 0.580. The fourth-order valence-electron chi connectivity index (χ4n) is 4.12. The molecule has 0 bridgehead atoms. The molecule has 1 aliphatic carbocycles. The minimum Gasteiger partial charge on any atom is -0.315 e. The van der Waals surface area contributed by atoms with Crippen LogP contribution in [0.15, 0.2) is 18.2 Å². The van der Waals surface area contributed by atoms with Gasteiger partial charge in [0.2, 0.25) is 0 Å². The van der Waals surface area contributed by atoms with Gasteiger partial charge >= 0.3 is 0 Å². The van der Waals surface area contributed by atoms with E-state index in [9.17, 15) is 0 Å². The van der Waals surface area contributed by atoms with E-state index in [-0.39, 0.29) is 0 Å². The first-order chi connectivity index (χ1) is 8.68. The van der Waals surface area contributed by atoms with E-state index in [0.717, 1.165) is 5.92 Å². The van der Waals surface area contributed by atoms with Gasteiger partial charge in [-0.1, -0.05) is 42.2 Å². The molecule has 1 nitrogen and oxygen atoms in total. The van der Waals surface area contributed by atoms with Crippen LogP contribution in [0.3, 0.4) is 0 Å². The topological polar surface area (TPSA) is 12.0 Å². The van der Waals surface area contributed by atoms with Crippen LogP contribution in [0.4, 0.5) is 0 Å². The van der Waals surface area contributed by atoms with Gasteiger partial charge in [0.25, 0.3) is 0 Å². The molecule has 0 radical (unpaired) electrons. The molecule has 1 N–H and O–H groups in total. The summed E-state index contributed by atoms with van der Waals surface area (Å²) >= 11 is 0. The Balaban J connectivity index is 1.80. The smallest absolute Gasteiger partial charge is 0.00261 e. The summed E-state index contributed by atoms with van der Waals surface area (Å²) in [6.07, 6.45) is 7.13. The van der Waals surface area contributed by atoms with Crippen molar-refractivity contribution in [2.75, 3.05) is 13.1 Å². The van der Waals surface area contributed by atoms with Crippen LogP contribution < -0.4 is 5.32 Å². The predicted molar refractivity (Wildman–Crippen MR) is 76.9 cm³/mol. The fraction of sp³-hybridized carbons (Fsp3) is 0.647. The number of rotatable bonds is 3. The molecule has 1 aromatic rings. The molecule has 0 spiro atoms. The molecular weight excluding hydrogens is 218 g/mol. The average Bonchev–Trinajstić information content (AvgIpc) is 2.75. The number of benzene rings is 1. The Morgan fingerprint density at radius 1 is 1.06 bits per heavy atom. The van der Waals surface area contributed by atoms with Crippen molar-refractivity contribution in [2.45, 2.75) is 46.0 Å². The molecule has 0 atom stereocenters. The standard InChI is InChI=1S/C17H25N/c1-13-7-14(2)9-15(8-13)10-17(11-18-12-17)16-5-3-4-6-16/h7-9,16,18H,3-6,10-12H2,1-2H3. The van der Waals surface area contributed by atoms with E-state index < -0.39 is 0 Å². The molecule has 0 unspecified atom stereocenters. The largest absolute Gasteiger partial charge is 0.315 e. The first-order valence-electron chi connectivity index (χ1n) is 7.46. The number of hydrogen-bond donors (Lipinski definition) is 1. The monoisotopic (exact) mass is 243 g/mol. The molecule has 0 aromatic heterocycles. The lowest BCUT2D eigenvalue weighted by Gasteiger charge is -2.48. The lowest BCUT2D eigenvalue weighted by Crippen LogP contribution is -2.58. The summed E-state index contributed by atoms with van der Waals surface area (Å²) in [4.78, 5) is 0. The van der Waals surface area contributed by atoms with Crippen LogP contribution in [0.1, 0.15) is 42.4 Å². The normalized spacial score (nSPS) is 23.0. The summed E-state index contributed by atoms with van der Waals surface area (Å²) < 4.78 is 0. The van der Waals surface area contributed by atoms with E-state index in [1.165, 1.54) is 56.3 Å². The molecular formula is C17H25N. The second kappa shape index (κ2) is 4.70. The molecule has 98 valence electrons. The molecule has 18 heavy (non-hydrogen) atoms. The van der Waals surface area contributed by atoms with Crippen LogP contribution in [0.25, 0.3) is 0 Å². The molecule has 1 heterocycles. The quantitative estimate of drug-likeness (QED) is 0.855. The van der Waals surface area contributed by atoms with Crippen molar-refractivity contribution in [3.8, 4) is 0 Å². The van der Waals surface area contributed by atoms with Gasteiger partial charge < -0.3 is 5.32 Å². The van der Waals surface area contributed by atoms with Crippen molar-refractivity contribution in [2.24, 2.45) is 11.3 Å². The van der Waals surface area contributed by atoms with Crippen molar-refractivity contribution in [1.29, 1.82) is 0 Å². The third-order valence-electron chi connectivity index (χ3n) is 5.01. The predicted octanol–water partition coefficient (Wildman–Crippen LogP) is 3.63. The zero-order chi connectivity index (χ0) is 12.6. The summed E-state index contributed by atoms with van der Waals surface area (Å²) in [5.41, 5.74) is 4.97. The maximum atomic E-state index is 3.53. The van der Waals surface area contributed by atoms with E-state index in [2.05, 4.69) is 37.4 Å². The Bertz CT molecular complexity index is 405. The maximum absolute atomic E-state index is 3.53. The Morgan fingerprint density at radius 3 is 2.17 bits per heavy atom. The third kappa shape index (κ3) is 2.21. The zero-order valence-electron chi connectivity index (χ0n) is 11.8. The van der Waals surface area contributed by atoms with Crippen LogP contribution in [-0.4, -0.2) is 13.1 Å². The van der Waals surface area contributed by atoms with Crippen molar-refractivity contribution >= 4 is 0 Å². The van der Waals surface area contributed by atoms with Gasteiger partial charge in [-0.2, -0.15) is 0 Å². The lowest BCUT2D eigenvalue weighted by atomic mass is 9.66. The zero-order valence-corrected chi connectivity index (χ0v) is 11.8. The van der Waals surface area contributed by atoms with Crippen molar-refractivity contribution in [3.05, 3.63) is 34.9 Å². The number of hydrogen-bond acceptors (Lipinski definition) is 1. The third-order valence-corrected chi connectivity index (χ3v) is 5.01. The van der Waals surface area contributed by atoms with Crippen LogP contribution in [0.2, 0.25) is 0 Å². The van der Waals surface area contributed by atoms with Gasteiger partial charge in [0, 0.05) is 18.5 Å². The first kappa shape index (κ1) is 12.2. The number of nitrogens with one attached hydrogen (secondary N) is 1. The van der Waals surface area contributed by atoms with Gasteiger partial charge in [-0.3, -0.25) is 0 Å². The van der Waals surface area contributed by atoms with Crippen LogP contribution in [-0.2, 0) is 6.42 Å².